The second-order valence-corrected chi connectivity index (χ2v) is 3.74. The first-order valence-corrected chi connectivity index (χ1v) is 5.18. The molecular weight excluding hydrogens is 240 g/mol. The molecule has 0 aromatic carbocycles. The van der Waals surface area contributed by atoms with Gasteiger partial charge < -0.3 is 15.2 Å². The van der Waals surface area contributed by atoms with Gasteiger partial charge in [0.05, 0.1) is 6.42 Å². The summed E-state index contributed by atoms with van der Waals surface area (Å²) in [6.45, 7) is 0. The van der Waals surface area contributed by atoms with Gasteiger partial charge in [0.15, 0.2) is 5.69 Å². The number of pyridine rings is 1. The highest BCUT2D eigenvalue weighted by atomic mass is 16.4. The summed E-state index contributed by atoms with van der Waals surface area (Å²) in [5, 5.41) is 17.7. The lowest BCUT2D eigenvalue weighted by Crippen LogP contribution is -2.17. The number of aromatic carboxylic acids is 1. The average Bonchev–Trinajstić information content (AvgIpc) is 2.66. The van der Waals surface area contributed by atoms with Crippen molar-refractivity contribution < 1.29 is 19.8 Å². The van der Waals surface area contributed by atoms with Gasteiger partial charge in [-0.15, -0.1) is 0 Å². The zero-order chi connectivity index (χ0) is 13.3. The first kappa shape index (κ1) is 11.9. The van der Waals surface area contributed by atoms with Crippen LogP contribution in [0.2, 0.25) is 0 Å². The van der Waals surface area contributed by atoms with Crippen LogP contribution in [-0.2, 0) is 11.2 Å². The Labute approximate surface area is 100 Å². The number of aromatic amines is 1. The van der Waals surface area contributed by atoms with Gasteiger partial charge in [0.2, 0.25) is 0 Å². The van der Waals surface area contributed by atoms with Gasteiger partial charge >= 0.3 is 11.9 Å². The van der Waals surface area contributed by atoms with Crippen LogP contribution in [-0.4, -0.2) is 31.5 Å². The number of aryl methyl sites for hydroxylation is 1. The van der Waals surface area contributed by atoms with Crippen LogP contribution < -0.4 is 5.56 Å². The topological polar surface area (TPSA) is 112 Å². The molecule has 0 unspecified atom stereocenters. The van der Waals surface area contributed by atoms with Gasteiger partial charge in [0.25, 0.3) is 5.56 Å². The Balaban J connectivity index is 2.63. The molecule has 0 saturated heterocycles. The molecule has 94 valence electrons. The lowest BCUT2D eigenvalue weighted by molar-refractivity contribution is -0.136. The molecule has 7 nitrogen and oxygen atoms in total. The summed E-state index contributed by atoms with van der Waals surface area (Å²) < 4.78 is 1.03. The summed E-state index contributed by atoms with van der Waals surface area (Å²) in [5.41, 5.74) is -0.118. The molecule has 0 radical (unpaired) electrons. The molecule has 0 fully saturated rings. The molecule has 18 heavy (non-hydrogen) atoms. The lowest BCUT2D eigenvalue weighted by atomic mass is 10.2. The summed E-state index contributed by atoms with van der Waals surface area (Å²) in [6.07, 6.45) is -0.181. The van der Waals surface area contributed by atoms with E-state index in [4.69, 9.17) is 10.2 Å². The van der Waals surface area contributed by atoms with E-state index in [0.29, 0.717) is 5.65 Å². The zero-order valence-electron chi connectivity index (χ0n) is 9.21. The first-order valence-electron chi connectivity index (χ1n) is 5.18. The van der Waals surface area contributed by atoms with Crippen LogP contribution in [0.25, 0.3) is 5.65 Å². The van der Waals surface area contributed by atoms with E-state index in [9.17, 15) is 14.4 Å². The predicted octanol–water partition coefficient (Wildman–Crippen LogP) is 0.343. The maximum absolute atomic E-state index is 11.6. The quantitative estimate of drug-likeness (QED) is 0.724. The number of carbonyl (C=O) groups is 2. The van der Waals surface area contributed by atoms with E-state index >= 15 is 0 Å². The monoisotopic (exact) mass is 250 g/mol. The van der Waals surface area contributed by atoms with Crippen LogP contribution in [0.4, 0.5) is 0 Å². The fourth-order valence-electron chi connectivity index (χ4n) is 1.80. The van der Waals surface area contributed by atoms with Crippen molar-refractivity contribution >= 4 is 17.6 Å². The molecule has 7 heteroatoms. The third kappa shape index (κ3) is 1.97. The molecular formula is C11H10N2O5. The van der Waals surface area contributed by atoms with E-state index in [-0.39, 0.29) is 24.2 Å². The summed E-state index contributed by atoms with van der Waals surface area (Å²) in [6, 6.07) is 4.30. The zero-order valence-corrected chi connectivity index (χ0v) is 9.21. The van der Waals surface area contributed by atoms with Crippen molar-refractivity contribution in [2.24, 2.45) is 0 Å². The van der Waals surface area contributed by atoms with Crippen molar-refractivity contribution in [2.75, 3.05) is 0 Å². The lowest BCUT2D eigenvalue weighted by Gasteiger charge is -1.98. The standard InChI is InChI=1S/C11H10N2O5/c14-8-3-1-2-7-12-6(4-5-9(15)16)10(11(17)18)13(7)8/h1-3,12H,4-5H2,(H,15,16)(H,17,18). The smallest absolute Gasteiger partial charge is 0.354 e. The van der Waals surface area contributed by atoms with E-state index in [0.717, 1.165) is 4.40 Å². The largest absolute Gasteiger partial charge is 0.481 e. The SMILES string of the molecule is O=C(O)CCc1[nH]c2cccc(=O)n2c1C(=O)O. The minimum Gasteiger partial charge on any atom is -0.481 e. The van der Waals surface area contributed by atoms with Crippen molar-refractivity contribution in [1.82, 2.24) is 9.38 Å². The van der Waals surface area contributed by atoms with Crippen molar-refractivity contribution in [2.45, 2.75) is 12.8 Å². The minimum absolute atomic E-state index is 0.0259. The number of H-pyrrole nitrogens is 1. The highest BCUT2D eigenvalue weighted by Crippen LogP contribution is 2.12. The van der Waals surface area contributed by atoms with Crippen molar-refractivity contribution in [3.05, 3.63) is 39.9 Å². The average molecular weight is 250 g/mol. The summed E-state index contributed by atoms with van der Waals surface area (Å²) in [7, 11) is 0. The van der Waals surface area contributed by atoms with Gasteiger partial charge in [-0.3, -0.25) is 14.0 Å². The molecule has 0 amide bonds. The number of carboxylic acid groups (broad SMARTS) is 2. The number of aliphatic carboxylic acids is 1. The Morgan fingerprint density at radius 2 is 2.00 bits per heavy atom. The van der Waals surface area contributed by atoms with Crippen molar-refractivity contribution in [3.8, 4) is 0 Å². The van der Waals surface area contributed by atoms with Crippen LogP contribution in [0.5, 0.6) is 0 Å². The van der Waals surface area contributed by atoms with Crippen LogP contribution >= 0.6 is 0 Å². The molecule has 2 aromatic heterocycles. The summed E-state index contributed by atoms with van der Waals surface area (Å²) >= 11 is 0. The number of rotatable bonds is 4. The Hall–Kier alpha value is -2.57. The predicted molar refractivity (Wildman–Crippen MR) is 60.9 cm³/mol. The fraction of sp³-hybridized carbons (Fsp3) is 0.182. The van der Waals surface area contributed by atoms with Crippen molar-refractivity contribution in [1.29, 1.82) is 0 Å². The molecule has 0 aliphatic rings. The molecule has 0 saturated carbocycles. The molecule has 2 aromatic rings. The molecule has 3 N–H and O–H groups in total. The Kier molecular flexibility index (Phi) is 2.88. The Morgan fingerprint density at radius 3 is 2.61 bits per heavy atom. The number of imidazole rings is 1. The first-order chi connectivity index (χ1) is 8.50. The third-order valence-electron chi connectivity index (χ3n) is 2.53. The second kappa shape index (κ2) is 4.36. The Morgan fingerprint density at radius 1 is 1.28 bits per heavy atom. The van der Waals surface area contributed by atoms with Gasteiger partial charge in [0, 0.05) is 18.2 Å². The number of nitrogens with one attached hydrogen (secondary N) is 1. The molecule has 0 bridgehead atoms. The van der Waals surface area contributed by atoms with Gasteiger partial charge in [0.1, 0.15) is 5.65 Å². The second-order valence-electron chi connectivity index (χ2n) is 3.74. The number of aromatic nitrogens is 2. The molecule has 0 atom stereocenters. The number of carboxylic acids is 2. The Bertz CT molecular complexity index is 682. The highest BCUT2D eigenvalue weighted by Gasteiger charge is 2.19. The fourth-order valence-corrected chi connectivity index (χ4v) is 1.80. The number of hydrogen-bond acceptors (Lipinski definition) is 3. The van der Waals surface area contributed by atoms with Gasteiger partial charge in [-0.2, -0.15) is 0 Å². The van der Waals surface area contributed by atoms with E-state index in [1.807, 2.05) is 0 Å². The van der Waals surface area contributed by atoms with Gasteiger partial charge in [-0.1, -0.05) is 6.07 Å². The number of fused-ring (bicyclic) bond motifs is 1. The van der Waals surface area contributed by atoms with Crippen molar-refractivity contribution in [3.63, 3.8) is 0 Å². The highest BCUT2D eigenvalue weighted by molar-refractivity contribution is 5.88. The van der Waals surface area contributed by atoms with Crippen LogP contribution in [0, 0.1) is 0 Å². The van der Waals surface area contributed by atoms with Gasteiger partial charge in [-0.05, 0) is 6.07 Å². The van der Waals surface area contributed by atoms with Crippen LogP contribution in [0.1, 0.15) is 22.6 Å². The summed E-state index contributed by atoms with van der Waals surface area (Å²) in [5.74, 6) is -2.30. The van der Waals surface area contributed by atoms with Crippen LogP contribution in [0.15, 0.2) is 23.0 Å². The molecule has 0 aliphatic heterocycles. The normalized spacial score (nSPS) is 10.7. The molecule has 2 rings (SSSR count). The summed E-state index contributed by atoms with van der Waals surface area (Å²) in [4.78, 5) is 36.1. The van der Waals surface area contributed by atoms with E-state index in [1.165, 1.54) is 12.1 Å². The van der Waals surface area contributed by atoms with E-state index in [1.54, 1.807) is 6.07 Å². The molecule has 2 heterocycles. The van der Waals surface area contributed by atoms with Crippen LogP contribution in [0.3, 0.4) is 0 Å². The maximum atomic E-state index is 11.6. The number of hydrogen-bond donors (Lipinski definition) is 3. The molecule has 0 spiro atoms. The maximum Gasteiger partial charge on any atom is 0.354 e. The van der Waals surface area contributed by atoms with E-state index < -0.39 is 17.5 Å². The van der Waals surface area contributed by atoms with Gasteiger partial charge in [-0.25, -0.2) is 4.79 Å². The molecule has 0 aliphatic carbocycles. The minimum atomic E-state index is -1.27. The number of nitrogens with zero attached hydrogens (tertiary/aromatic N) is 1. The van der Waals surface area contributed by atoms with E-state index in [2.05, 4.69) is 4.98 Å². The third-order valence-corrected chi connectivity index (χ3v) is 2.53.